The summed E-state index contributed by atoms with van der Waals surface area (Å²) in [5.41, 5.74) is 6.24. The lowest BCUT2D eigenvalue weighted by atomic mass is 9.97. The Morgan fingerprint density at radius 2 is 1.58 bits per heavy atom. The normalized spacial score (nSPS) is 17.3. The van der Waals surface area contributed by atoms with Gasteiger partial charge in [-0.15, -0.1) is 0 Å². The first-order valence-corrected chi connectivity index (χ1v) is 18.1. The van der Waals surface area contributed by atoms with Crippen molar-refractivity contribution in [2.24, 2.45) is 0 Å². The van der Waals surface area contributed by atoms with Gasteiger partial charge in [0.1, 0.15) is 5.65 Å². The number of rotatable bonds is 12. The number of hydrogen-bond donors (Lipinski definition) is 3. The molecule has 5 heterocycles. The number of likely N-dealkylation sites (N-methyl/N-ethyl adjacent to an activating group) is 1. The van der Waals surface area contributed by atoms with E-state index in [0.29, 0.717) is 71.9 Å². The number of pyridine rings is 2. The Balaban J connectivity index is 1.10. The van der Waals surface area contributed by atoms with Crippen LogP contribution in [0, 0.1) is 0 Å². The maximum absolute atomic E-state index is 13.3. The second-order valence-electron chi connectivity index (χ2n) is 13.2. The summed E-state index contributed by atoms with van der Waals surface area (Å²) in [6.45, 7) is 2.18. The fourth-order valence-corrected chi connectivity index (χ4v) is 7.58. The number of hydrogen-bond acceptors (Lipinski definition) is 8. The van der Waals surface area contributed by atoms with Crippen LogP contribution in [0.5, 0.6) is 5.88 Å². The Morgan fingerprint density at radius 1 is 0.865 bits per heavy atom. The quantitative estimate of drug-likeness (QED) is 0.153. The topological polar surface area (TPSA) is 130 Å². The molecule has 52 heavy (non-hydrogen) atoms. The summed E-state index contributed by atoms with van der Waals surface area (Å²) in [6, 6.07) is 19.4. The van der Waals surface area contributed by atoms with Crippen LogP contribution in [0.25, 0.3) is 39.2 Å². The van der Waals surface area contributed by atoms with E-state index in [9.17, 15) is 14.4 Å². The number of aromatic nitrogens is 3. The molecule has 2 atom stereocenters. The van der Waals surface area contributed by atoms with E-state index in [2.05, 4.69) is 20.9 Å². The second kappa shape index (κ2) is 15.4. The lowest BCUT2D eigenvalue weighted by molar-refractivity contribution is -0.127. The first kappa shape index (κ1) is 35.6. The number of fused-ring (bicyclic) bond motifs is 1. The van der Waals surface area contributed by atoms with Crippen LogP contribution in [0.4, 0.5) is 0 Å². The van der Waals surface area contributed by atoms with E-state index in [0.717, 1.165) is 46.2 Å². The van der Waals surface area contributed by atoms with Gasteiger partial charge in [-0.05, 0) is 36.6 Å². The average molecular weight is 741 g/mol. The van der Waals surface area contributed by atoms with Crippen LogP contribution >= 0.6 is 23.2 Å². The van der Waals surface area contributed by atoms with Crippen molar-refractivity contribution in [2.75, 3.05) is 27.2 Å². The highest BCUT2D eigenvalue weighted by Gasteiger charge is 2.27. The van der Waals surface area contributed by atoms with Crippen LogP contribution in [0.3, 0.4) is 0 Å². The molecular weight excluding hydrogens is 701 g/mol. The molecule has 0 bridgehead atoms. The summed E-state index contributed by atoms with van der Waals surface area (Å²) in [7, 11) is 3.41. The highest BCUT2D eigenvalue weighted by Crippen LogP contribution is 2.42. The minimum Gasteiger partial charge on any atom is -0.481 e. The molecule has 268 valence electrons. The number of nitrogens with zero attached hydrogens (tertiary/aromatic N) is 4. The molecule has 2 aliphatic rings. The number of ether oxygens (including phenoxy) is 1. The third-order valence-corrected chi connectivity index (χ3v) is 10.7. The molecule has 0 aliphatic carbocycles. The van der Waals surface area contributed by atoms with Crippen LogP contribution < -0.4 is 26.2 Å². The molecule has 0 spiro atoms. The van der Waals surface area contributed by atoms with Crippen molar-refractivity contribution in [1.82, 2.24) is 35.2 Å². The Kier molecular flexibility index (Phi) is 10.6. The molecule has 2 amide bonds. The van der Waals surface area contributed by atoms with Gasteiger partial charge in [0.05, 0.1) is 22.8 Å². The molecule has 11 nitrogen and oxygen atoms in total. The molecule has 2 fully saturated rings. The maximum atomic E-state index is 13.3. The molecule has 5 aromatic rings. The molecule has 13 heteroatoms. The zero-order valence-corrected chi connectivity index (χ0v) is 30.4. The third-order valence-electron chi connectivity index (χ3n) is 9.91. The monoisotopic (exact) mass is 739 g/mol. The van der Waals surface area contributed by atoms with Crippen LogP contribution in [-0.2, 0) is 22.7 Å². The Hall–Kier alpha value is -4.81. The van der Waals surface area contributed by atoms with Gasteiger partial charge in [-0.3, -0.25) is 18.8 Å². The summed E-state index contributed by atoms with van der Waals surface area (Å²) in [6.07, 6.45) is 6.08. The molecule has 3 N–H and O–H groups in total. The predicted molar refractivity (Wildman–Crippen MR) is 203 cm³/mol. The highest BCUT2D eigenvalue weighted by molar-refractivity contribution is 6.39. The molecule has 0 saturated carbocycles. The first-order valence-electron chi connectivity index (χ1n) is 17.3. The van der Waals surface area contributed by atoms with Gasteiger partial charge in [-0.2, -0.15) is 0 Å². The third kappa shape index (κ3) is 7.27. The average Bonchev–Trinajstić information content (AvgIpc) is 3.72. The van der Waals surface area contributed by atoms with E-state index in [1.165, 1.54) is 4.40 Å². The molecule has 2 aliphatic heterocycles. The highest BCUT2D eigenvalue weighted by atomic mass is 35.5. The zero-order valence-electron chi connectivity index (χ0n) is 28.9. The minimum absolute atomic E-state index is 0.0922. The lowest BCUT2D eigenvalue weighted by Crippen LogP contribution is -2.37. The van der Waals surface area contributed by atoms with Crippen molar-refractivity contribution in [3.05, 3.63) is 105 Å². The molecule has 7 rings (SSSR count). The van der Waals surface area contributed by atoms with Crippen molar-refractivity contribution in [1.29, 1.82) is 0 Å². The van der Waals surface area contributed by atoms with E-state index in [-0.39, 0.29) is 29.5 Å². The molecule has 2 saturated heterocycles. The van der Waals surface area contributed by atoms with E-state index < -0.39 is 0 Å². The Morgan fingerprint density at radius 3 is 2.29 bits per heavy atom. The van der Waals surface area contributed by atoms with Gasteiger partial charge in [-0.1, -0.05) is 65.7 Å². The number of methoxy groups -OCH3 is 1. The number of carbonyl (C=O) groups excluding carboxylic acids is 2. The fourth-order valence-electron chi connectivity index (χ4n) is 6.92. The standard InChI is InChI=1S/C39H39Cl2N7O4/c1-47-27(11-14-35(47)50)22-43-19-25-20-44-33-17-23(15-16-48(33)39(25)51)28-5-3-6-29(36(28)40)30-7-4-8-31(37(30)41)32-12-9-24(38(46-32)52-2)18-42-21-26-10-13-34(49)45-26/h3-9,12,15-17,20,26-27,42-43H,10-11,13-14,18-19,21-22H2,1-2H3,(H,45,49)/t26?,27-/m1/s1. The second-order valence-corrected chi connectivity index (χ2v) is 13.9. The van der Waals surface area contributed by atoms with Crippen molar-refractivity contribution >= 4 is 40.7 Å². The molecule has 3 aromatic heterocycles. The van der Waals surface area contributed by atoms with Crippen LogP contribution in [0.15, 0.2) is 77.9 Å². The van der Waals surface area contributed by atoms with Crippen molar-refractivity contribution in [3.8, 4) is 39.4 Å². The van der Waals surface area contributed by atoms with Crippen molar-refractivity contribution in [2.45, 2.75) is 50.9 Å². The summed E-state index contributed by atoms with van der Waals surface area (Å²) in [4.78, 5) is 47.8. The van der Waals surface area contributed by atoms with Crippen LogP contribution in [0.1, 0.15) is 36.8 Å². The number of benzene rings is 2. The molecule has 2 aromatic carbocycles. The van der Waals surface area contributed by atoms with Gasteiger partial charge in [0, 0.05) is 104 Å². The molecular formula is C39H39Cl2N7O4. The van der Waals surface area contributed by atoms with E-state index in [4.69, 9.17) is 32.9 Å². The largest absolute Gasteiger partial charge is 0.481 e. The smallest absolute Gasteiger partial charge is 0.262 e. The van der Waals surface area contributed by atoms with Gasteiger partial charge < -0.3 is 25.6 Å². The maximum Gasteiger partial charge on any atom is 0.262 e. The predicted octanol–water partition coefficient (Wildman–Crippen LogP) is 5.48. The van der Waals surface area contributed by atoms with Crippen LogP contribution in [-0.4, -0.2) is 70.4 Å². The Labute approximate surface area is 311 Å². The number of amides is 2. The van der Waals surface area contributed by atoms with Crippen molar-refractivity contribution in [3.63, 3.8) is 0 Å². The SMILES string of the molecule is COc1nc(-c2cccc(-c3cccc(-c4ccn5c(=O)c(CNC[C@H]6CCC(=O)N6C)cnc5c4)c3Cl)c2Cl)ccc1CNCC1CCC(=O)N1. The van der Waals surface area contributed by atoms with Gasteiger partial charge in [0.25, 0.3) is 5.56 Å². The number of likely N-dealkylation sites (tertiary alicyclic amines) is 1. The van der Waals surface area contributed by atoms with Gasteiger partial charge in [-0.25, -0.2) is 9.97 Å². The summed E-state index contributed by atoms with van der Waals surface area (Å²) in [5.74, 6) is 0.731. The number of halogens is 2. The van der Waals surface area contributed by atoms with Crippen LogP contribution in [0.2, 0.25) is 10.0 Å². The summed E-state index contributed by atoms with van der Waals surface area (Å²) < 4.78 is 7.18. The molecule has 1 unspecified atom stereocenters. The number of nitrogens with one attached hydrogen (secondary N) is 3. The molecule has 0 radical (unpaired) electrons. The van der Waals surface area contributed by atoms with E-state index in [1.807, 2.05) is 67.7 Å². The number of carbonyl (C=O) groups is 2. The van der Waals surface area contributed by atoms with Crippen molar-refractivity contribution < 1.29 is 14.3 Å². The van der Waals surface area contributed by atoms with Gasteiger partial charge in [0.2, 0.25) is 17.7 Å². The van der Waals surface area contributed by atoms with Gasteiger partial charge >= 0.3 is 0 Å². The van der Waals surface area contributed by atoms with Gasteiger partial charge in [0.15, 0.2) is 0 Å². The lowest BCUT2D eigenvalue weighted by Gasteiger charge is -2.20. The Bertz CT molecular complexity index is 2230. The minimum atomic E-state index is -0.156. The summed E-state index contributed by atoms with van der Waals surface area (Å²) >= 11 is 14.2. The zero-order chi connectivity index (χ0) is 36.4. The first-order chi connectivity index (χ1) is 25.2. The fraction of sp³-hybridized carbons (Fsp3) is 0.308. The van der Waals surface area contributed by atoms with E-state index >= 15 is 0 Å². The summed E-state index contributed by atoms with van der Waals surface area (Å²) in [5, 5.41) is 10.7. The van der Waals surface area contributed by atoms with E-state index in [1.54, 1.807) is 24.4 Å².